The molecule has 116 valence electrons. The Hall–Kier alpha value is -1.62. The molecule has 0 spiro atoms. The van der Waals surface area contributed by atoms with Crippen LogP contribution in [0.3, 0.4) is 0 Å². The first-order valence-electron chi connectivity index (χ1n) is 7.67. The summed E-state index contributed by atoms with van der Waals surface area (Å²) in [6.45, 7) is 3.78. The molecule has 5 nitrogen and oxygen atoms in total. The van der Waals surface area contributed by atoms with Crippen molar-refractivity contribution in [1.29, 1.82) is 0 Å². The lowest BCUT2D eigenvalue weighted by atomic mass is 10.1. The average Bonchev–Trinajstić information content (AvgIpc) is 2.84. The molecule has 0 aliphatic carbocycles. The van der Waals surface area contributed by atoms with E-state index in [0.29, 0.717) is 18.5 Å². The van der Waals surface area contributed by atoms with Gasteiger partial charge in [-0.05, 0) is 45.3 Å². The third-order valence-electron chi connectivity index (χ3n) is 3.98. The number of carbonyl (C=O) groups is 1. The van der Waals surface area contributed by atoms with Crippen molar-refractivity contribution in [3.63, 3.8) is 0 Å². The average molecular weight is 292 g/mol. The number of hydrogen-bond acceptors (Lipinski definition) is 4. The molecule has 1 aromatic rings. The molecular formula is C16H24N2O3. The number of rotatable bonds is 7. The van der Waals surface area contributed by atoms with Crippen molar-refractivity contribution >= 4 is 5.97 Å². The minimum atomic E-state index is -0.935. The number of ether oxygens (including phenoxy) is 1. The highest BCUT2D eigenvalue weighted by molar-refractivity contribution is 5.88. The summed E-state index contributed by atoms with van der Waals surface area (Å²) < 4.78 is 5.69. The Kier molecular flexibility index (Phi) is 5.56. The van der Waals surface area contributed by atoms with E-state index in [2.05, 4.69) is 16.9 Å². The van der Waals surface area contributed by atoms with Crippen molar-refractivity contribution < 1.29 is 14.6 Å². The fraction of sp³-hybridized carbons (Fsp3) is 0.625. The first kappa shape index (κ1) is 15.8. The van der Waals surface area contributed by atoms with Gasteiger partial charge in [0, 0.05) is 17.8 Å². The maximum Gasteiger partial charge on any atom is 0.335 e. The van der Waals surface area contributed by atoms with Crippen LogP contribution < -0.4 is 4.74 Å². The highest BCUT2D eigenvalue weighted by atomic mass is 16.5. The summed E-state index contributed by atoms with van der Waals surface area (Å²) in [7, 11) is 2.14. The van der Waals surface area contributed by atoms with Crippen LogP contribution >= 0.6 is 0 Å². The summed E-state index contributed by atoms with van der Waals surface area (Å²) in [5.74, 6) is -0.505. The third kappa shape index (κ3) is 4.43. The predicted molar refractivity (Wildman–Crippen MR) is 81.0 cm³/mol. The highest BCUT2D eigenvalue weighted by Gasteiger charge is 2.20. The second kappa shape index (κ2) is 7.41. The molecule has 1 N–H and O–H groups in total. The first-order chi connectivity index (χ1) is 10.1. The Morgan fingerprint density at radius 2 is 2.33 bits per heavy atom. The molecule has 2 heterocycles. The second-order valence-electron chi connectivity index (χ2n) is 5.65. The molecule has 1 unspecified atom stereocenters. The van der Waals surface area contributed by atoms with Gasteiger partial charge in [0.1, 0.15) is 0 Å². The topological polar surface area (TPSA) is 62.7 Å². The smallest absolute Gasteiger partial charge is 0.335 e. The summed E-state index contributed by atoms with van der Waals surface area (Å²) >= 11 is 0. The number of aryl methyl sites for hydroxylation is 1. The highest BCUT2D eigenvalue weighted by Crippen LogP contribution is 2.19. The zero-order valence-corrected chi connectivity index (χ0v) is 12.8. The molecule has 0 saturated carbocycles. The van der Waals surface area contributed by atoms with Crippen molar-refractivity contribution in [3.8, 4) is 5.88 Å². The SMILES string of the molecule is CCCc1cc(C(=O)O)cc(OCCC2CCCN2C)n1. The molecule has 1 aliphatic heterocycles. The fourth-order valence-electron chi connectivity index (χ4n) is 2.79. The van der Waals surface area contributed by atoms with Crippen LogP contribution in [0.5, 0.6) is 5.88 Å². The molecule has 1 aliphatic rings. The van der Waals surface area contributed by atoms with Crippen molar-refractivity contribution in [3.05, 3.63) is 23.4 Å². The lowest BCUT2D eigenvalue weighted by Crippen LogP contribution is -2.26. The van der Waals surface area contributed by atoms with Crippen molar-refractivity contribution in [2.75, 3.05) is 20.2 Å². The fourth-order valence-corrected chi connectivity index (χ4v) is 2.79. The summed E-state index contributed by atoms with van der Waals surface area (Å²) in [6.07, 6.45) is 5.11. The molecule has 0 amide bonds. The Labute approximate surface area is 125 Å². The molecule has 1 atom stereocenters. The zero-order chi connectivity index (χ0) is 15.2. The number of hydrogen-bond donors (Lipinski definition) is 1. The van der Waals surface area contributed by atoms with Crippen LogP contribution in [0.15, 0.2) is 12.1 Å². The van der Waals surface area contributed by atoms with E-state index in [1.807, 2.05) is 6.92 Å². The largest absolute Gasteiger partial charge is 0.478 e. The zero-order valence-electron chi connectivity index (χ0n) is 12.8. The van der Waals surface area contributed by atoms with E-state index in [1.165, 1.54) is 18.9 Å². The van der Waals surface area contributed by atoms with E-state index >= 15 is 0 Å². The lowest BCUT2D eigenvalue weighted by molar-refractivity contribution is 0.0696. The van der Waals surface area contributed by atoms with Gasteiger partial charge in [0.05, 0.1) is 12.2 Å². The molecule has 2 rings (SSSR count). The molecule has 0 bridgehead atoms. The van der Waals surface area contributed by atoms with Crippen molar-refractivity contribution in [2.24, 2.45) is 0 Å². The first-order valence-corrected chi connectivity index (χ1v) is 7.67. The Morgan fingerprint density at radius 1 is 1.52 bits per heavy atom. The third-order valence-corrected chi connectivity index (χ3v) is 3.98. The normalized spacial score (nSPS) is 18.9. The molecule has 1 fully saturated rings. The van der Waals surface area contributed by atoms with E-state index in [0.717, 1.165) is 31.5 Å². The quantitative estimate of drug-likeness (QED) is 0.837. The minimum Gasteiger partial charge on any atom is -0.478 e. The lowest BCUT2D eigenvalue weighted by Gasteiger charge is -2.19. The van der Waals surface area contributed by atoms with Gasteiger partial charge in [0.15, 0.2) is 0 Å². The molecule has 0 radical (unpaired) electrons. The number of carboxylic acids is 1. The van der Waals surface area contributed by atoms with Gasteiger partial charge in [-0.25, -0.2) is 9.78 Å². The van der Waals surface area contributed by atoms with E-state index in [4.69, 9.17) is 9.84 Å². The van der Waals surface area contributed by atoms with E-state index in [1.54, 1.807) is 6.07 Å². The van der Waals surface area contributed by atoms with Crippen LogP contribution in [0.1, 0.15) is 48.7 Å². The number of aromatic carboxylic acids is 1. The van der Waals surface area contributed by atoms with Gasteiger partial charge in [0.25, 0.3) is 0 Å². The minimum absolute atomic E-state index is 0.251. The number of nitrogens with zero attached hydrogens (tertiary/aromatic N) is 2. The van der Waals surface area contributed by atoms with Crippen LogP contribution in [-0.2, 0) is 6.42 Å². The maximum absolute atomic E-state index is 11.1. The maximum atomic E-state index is 11.1. The monoisotopic (exact) mass is 292 g/mol. The standard InChI is InChI=1S/C16H24N2O3/c1-3-5-13-10-12(16(19)20)11-15(17-13)21-9-7-14-6-4-8-18(14)2/h10-11,14H,3-9H2,1-2H3,(H,19,20). The van der Waals surface area contributed by atoms with Crippen LogP contribution in [-0.4, -0.2) is 47.2 Å². The van der Waals surface area contributed by atoms with Gasteiger partial charge >= 0.3 is 5.97 Å². The van der Waals surface area contributed by atoms with Gasteiger partial charge < -0.3 is 14.7 Å². The Morgan fingerprint density at radius 3 is 2.95 bits per heavy atom. The van der Waals surface area contributed by atoms with Gasteiger partial charge in [-0.1, -0.05) is 13.3 Å². The predicted octanol–water partition coefficient (Wildman–Crippen LogP) is 2.60. The van der Waals surface area contributed by atoms with Crippen LogP contribution in [0.25, 0.3) is 0 Å². The molecule has 0 aromatic carbocycles. The molecule has 1 saturated heterocycles. The molecule has 21 heavy (non-hydrogen) atoms. The second-order valence-corrected chi connectivity index (χ2v) is 5.65. The number of aromatic nitrogens is 1. The number of likely N-dealkylation sites (tertiary alicyclic amines) is 1. The van der Waals surface area contributed by atoms with Crippen molar-refractivity contribution in [2.45, 2.75) is 45.1 Å². The summed E-state index contributed by atoms with van der Waals surface area (Å²) in [4.78, 5) is 17.9. The Bertz CT molecular complexity index is 490. The van der Waals surface area contributed by atoms with Gasteiger partial charge in [0.2, 0.25) is 5.88 Å². The van der Waals surface area contributed by atoms with Crippen LogP contribution in [0.4, 0.5) is 0 Å². The van der Waals surface area contributed by atoms with E-state index in [-0.39, 0.29) is 5.56 Å². The van der Waals surface area contributed by atoms with E-state index < -0.39 is 5.97 Å². The summed E-state index contributed by atoms with van der Waals surface area (Å²) in [5, 5.41) is 9.14. The van der Waals surface area contributed by atoms with Gasteiger partial charge in [-0.15, -0.1) is 0 Å². The van der Waals surface area contributed by atoms with E-state index in [9.17, 15) is 4.79 Å². The molecule has 1 aromatic heterocycles. The summed E-state index contributed by atoms with van der Waals surface area (Å²) in [5.41, 5.74) is 1.03. The summed E-state index contributed by atoms with van der Waals surface area (Å²) in [6, 6.07) is 3.71. The molecule has 5 heteroatoms. The van der Waals surface area contributed by atoms with Crippen LogP contribution in [0.2, 0.25) is 0 Å². The van der Waals surface area contributed by atoms with Gasteiger partial charge in [-0.2, -0.15) is 0 Å². The van der Waals surface area contributed by atoms with Crippen LogP contribution in [0, 0.1) is 0 Å². The van der Waals surface area contributed by atoms with Crippen molar-refractivity contribution in [1.82, 2.24) is 9.88 Å². The van der Waals surface area contributed by atoms with Gasteiger partial charge in [-0.3, -0.25) is 0 Å². The molecular weight excluding hydrogens is 268 g/mol. The Balaban J connectivity index is 1.96. The number of carboxylic acid groups (broad SMARTS) is 1. The number of pyridine rings is 1.